The number of hydrogen-bond acceptors (Lipinski definition) is 0. The quantitative estimate of drug-likeness (QED) is 0.168. The third-order valence-electron chi connectivity index (χ3n) is 11.8. The van der Waals surface area contributed by atoms with E-state index < -0.39 is 0 Å². The van der Waals surface area contributed by atoms with Crippen LogP contribution in [0.1, 0.15) is 0 Å². The Bertz CT molecular complexity index is 3500. The molecule has 3 aromatic heterocycles. The zero-order valence-corrected chi connectivity index (χ0v) is 31.0. The average Bonchev–Trinajstić information content (AvgIpc) is 3.92. The van der Waals surface area contributed by atoms with Gasteiger partial charge in [-0.2, -0.15) is 0 Å². The van der Waals surface area contributed by atoms with Gasteiger partial charge in [0.05, 0.1) is 38.8 Å². The normalized spacial score (nSPS) is 11.9. The van der Waals surface area contributed by atoms with Crippen molar-refractivity contribution in [2.45, 2.75) is 0 Å². The molecule has 0 amide bonds. The summed E-state index contributed by atoms with van der Waals surface area (Å²) >= 11 is 0. The molecule has 12 rings (SSSR count). The van der Waals surface area contributed by atoms with E-state index in [1.54, 1.807) is 0 Å². The van der Waals surface area contributed by atoms with E-state index in [-0.39, 0.29) is 0 Å². The third-order valence-corrected chi connectivity index (χ3v) is 11.8. The van der Waals surface area contributed by atoms with Gasteiger partial charge in [-0.05, 0) is 89.5 Å². The SMILES string of the molecule is c1ccc(-c2ccc3c4cc(-c5ccccc5-n5c6ccccc6c6c7c8ccccc8n(-c8ccccc8)c7ccc65)ccc4n(-c4ccccc4)c3c2)cc1. The fraction of sp³-hybridized carbons (Fsp3) is 0. The van der Waals surface area contributed by atoms with Crippen LogP contribution < -0.4 is 0 Å². The van der Waals surface area contributed by atoms with E-state index in [1.165, 1.54) is 87.7 Å². The van der Waals surface area contributed by atoms with Gasteiger partial charge in [-0.25, -0.2) is 0 Å². The first-order valence-corrected chi connectivity index (χ1v) is 19.6. The fourth-order valence-electron chi connectivity index (χ4n) is 9.40. The molecule has 3 heteroatoms. The third kappa shape index (κ3) is 4.73. The summed E-state index contributed by atoms with van der Waals surface area (Å²) < 4.78 is 7.31. The summed E-state index contributed by atoms with van der Waals surface area (Å²) in [5.74, 6) is 0. The lowest BCUT2D eigenvalue weighted by Crippen LogP contribution is -1.97. The van der Waals surface area contributed by atoms with Gasteiger partial charge in [0.15, 0.2) is 0 Å². The molecule has 0 saturated carbocycles. The molecule has 0 atom stereocenters. The van der Waals surface area contributed by atoms with Gasteiger partial charge in [0.2, 0.25) is 0 Å². The molecular weight excluding hydrogens is 691 g/mol. The van der Waals surface area contributed by atoms with E-state index in [4.69, 9.17) is 0 Å². The molecular formula is C54H35N3. The Kier molecular flexibility index (Phi) is 6.93. The molecule has 3 heterocycles. The first-order valence-electron chi connectivity index (χ1n) is 19.6. The largest absolute Gasteiger partial charge is 0.309 e. The number of aromatic nitrogens is 3. The number of para-hydroxylation sites is 5. The van der Waals surface area contributed by atoms with Gasteiger partial charge in [-0.15, -0.1) is 0 Å². The molecule has 0 fully saturated rings. The molecule has 0 aliphatic rings. The van der Waals surface area contributed by atoms with E-state index in [0.717, 1.165) is 17.1 Å². The van der Waals surface area contributed by atoms with Crippen molar-refractivity contribution in [3.05, 3.63) is 212 Å². The Balaban J connectivity index is 1.11. The summed E-state index contributed by atoms with van der Waals surface area (Å²) in [6.07, 6.45) is 0. The highest BCUT2D eigenvalue weighted by Gasteiger charge is 2.22. The molecule has 0 aliphatic heterocycles. The molecule has 12 aromatic rings. The monoisotopic (exact) mass is 725 g/mol. The highest BCUT2D eigenvalue weighted by molar-refractivity contribution is 6.29. The predicted octanol–water partition coefficient (Wildman–Crippen LogP) is 14.3. The summed E-state index contributed by atoms with van der Waals surface area (Å²) in [7, 11) is 0. The zero-order valence-electron chi connectivity index (χ0n) is 31.0. The number of fused-ring (bicyclic) bond motifs is 10. The molecule has 266 valence electrons. The van der Waals surface area contributed by atoms with E-state index in [1.807, 2.05) is 0 Å². The number of rotatable bonds is 5. The van der Waals surface area contributed by atoms with Crippen molar-refractivity contribution < 1.29 is 0 Å². The van der Waals surface area contributed by atoms with Gasteiger partial charge < -0.3 is 13.7 Å². The lowest BCUT2D eigenvalue weighted by Gasteiger charge is -2.15. The minimum absolute atomic E-state index is 1.15. The van der Waals surface area contributed by atoms with E-state index >= 15 is 0 Å². The van der Waals surface area contributed by atoms with Crippen LogP contribution >= 0.6 is 0 Å². The summed E-state index contributed by atoms with van der Waals surface area (Å²) in [5, 5.41) is 7.54. The highest BCUT2D eigenvalue weighted by Crippen LogP contribution is 2.44. The second kappa shape index (κ2) is 12.5. The van der Waals surface area contributed by atoms with Crippen molar-refractivity contribution in [2.24, 2.45) is 0 Å². The van der Waals surface area contributed by atoms with Crippen LogP contribution in [-0.4, -0.2) is 13.7 Å². The Morgan fingerprint density at radius 2 is 0.737 bits per heavy atom. The van der Waals surface area contributed by atoms with Crippen molar-refractivity contribution in [3.8, 4) is 39.3 Å². The van der Waals surface area contributed by atoms with Crippen LogP contribution in [0.3, 0.4) is 0 Å². The van der Waals surface area contributed by atoms with Crippen molar-refractivity contribution in [1.82, 2.24) is 13.7 Å². The maximum Gasteiger partial charge on any atom is 0.0549 e. The van der Waals surface area contributed by atoms with Crippen LogP contribution in [0.15, 0.2) is 212 Å². The maximum atomic E-state index is 2.48. The first-order chi connectivity index (χ1) is 28.3. The zero-order chi connectivity index (χ0) is 37.5. The van der Waals surface area contributed by atoms with Crippen LogP contribution in [0, 0.1) is 0 Å². The molecule has 0 N–H and O–H groups in total. The molecule has 0 saturated heterocycles. The first kappa shape index (κ1) is 31.7. The number of nitrogens with zero attached hydrogens (tertiary/aromatic N) is 3. The van der Waals surface area contributed by atoms with E-state index in [0.29, 0.717) is 0 Å². The lowest BCUT2D eigenvalue weighted by atomic mass is 9.99. The molecule has 57 heavy (non-hydrogen) atoms. The van der Waals surface area contributed by atoms with Gasteiger partial charge in [-0.3, -0.25) is 0 Å². The molecule has 0 aliphatic carbocycles. The van der Waals surface area contributed by atoms with Crippen LogP contribution in [0.25, 0.3) is 105 Å². The smallest absolute Gasteiger partial charge is 0.0549 e. The molecule has 9 aromatic carbocycles. The predicted molar refractivity (Wildman–Crippen MR) is 240 cm³/mol. The standard InChI is InChI=1S/C54H35N3/c1-4-16-36(17-5-1)37-28-30-42-45-34-38(29-31-49(45)56(52(42)35-37)40-20-8-3-9-21-40)41-22-10-13-25-46(41)57-48-27-15-12-24-44(48)54-51(57)33-32-50-53(54)43-23-11-14-26-47(43)55(50)39-18-6-2-7-19-39/h1-35H. The lowest BCUT2D eigenvalue weighted by molar-refractivity contribution is 1.17. The van der Waals surface area contributed by atoms with Crippen LogP contribution in [0.4, 0.5) is 0 Å². The minimum atomic E-state index is 1.15. The van der Waals surface area contributed by atoms with Crippen molar-refractivity contribution >= 4 is 65.4 Å². The van der Waals surface area contributed by atoms with Crippen LogP contribution in [0.2, 0.25) is 0 Å². The Morgan fingerprint density at radius 1 is 0.246 bits per heavy atom. The van der Waals surface area contributed by atoms with Gasteiger partial charge in [0, 0.05) is 49.3 Å². The van der Waals surface area contributed by atoms with Crippen molar-refractivity contribution in [3.63, 3.8) is 0 Å². The molecule has 0 radical (unpaired) electrons. The van der Waals surface area contributed by atoms with Gasteiger partial charge >= 0.3 is 0 Å². The fourth-order valence-corrected chi connectivity index (χ4v) is 9.40. The minimum Gasteiger partial charge on any atom is -0.309 e. The highest BCUT2D eigenvalue weighted by atomic mass is 15.0. The van der Waals surface area contributed by atoms with Gasteiger partial charge in [-0.1, -0.05) is 140 Å². The molecule has 0 unspecified atom stereocenters. The number of benzene rings is 9. The van der Waals surface area contributed by atoms with Crippen LogP contribution in [-0.2, 0) is 0 Å². The van der Waals surface area contributed by atoms with Crippen molar-refractivity contribution in [2.75, 3.05) is 0 Å². The second-order valence-electron chi connectivity index (χ2n) is 14.9. The molecule has 0 spiro atoms. The Morgan fingerprint density at radius 3 is 1.42 bits per heavy atom. The Labute approximate surface area is 329 Å². The van der Waals surface area contributed by atoms with E-state index in [9.17, 15) is 0 Å². The summed E-state index contributed by atoms with van der Waals surface area (Å²) in [6, 6.07) is 77.3. The summed E-state index contributed by atoms with van der Waals surface area (Å²) in [5.41, 5.74) is 15.5. The maximum absolute atomic E-state index is 2.48. The second-order valence-corrected chi connectivity index (χ2v) is 14.9. The topological polar surface area (TPSA) is 14.8 Å². The summed E-state index contributed by atoms with van der Waals surface area (Å²) in [6.45, 7) is 0. The Hall–Kier alpha value is -7.62. The average molecular weight is 726 g/mol. The van der Waals surface area contributed by atoms with Crippen molar-refractivity contribution in [1.29, 1.82) is 0 Å². The van der Waals surface area contributed by atoms with Gasteiger partial charge in [0.25, 0.3) is 0 Å². The van der Waals surface area contributed by atoms with Gasteiger partial charge in [0.1, 0.15) is 0 Å². The number of hydrogen-bond donors (Lipinski definition) is 0. The molecule has 0 bridgehead atoms. The van der Waals surface area contributed by atoms with E-state index in [2.05, 4.69) is 226 Å². The summed E-state index contributed by atoms with van der Waals surface area (Å²) in [4.78, 5) is 0. The molecule has 3 nitrogen and oxygen atoms in total. The van der Waals surface area contributed by atoms with Crippen LogP contribution in [0.5, 0.6) is 0 Å².